The fourth-order valence-electron chi connectivity index (χ4n) is 4.09. The second-order valence-electron chi connectivity index (χ2n) is 9.01. The molecule has 10 heteroatoms. The molecule has 1 fully saturated rings. The van der Waals surface area contributed by atoms with E-state index < -0.39 is 10.0 Å². The van der Waals surface area contributed by atoms with Gasteiger partial charge in [0.05, 0.1) is 16.0 Å². The zero-order chi connectivity index (χ0) is 24.6. The summed E-state index contributed by atoms with van der Waals surface area (Å²) in [5.41, 5.74) is 1.99. The van der Waals surface area contributed by atoms with Gasteiger partial charge in [0.25, 0.3) is 11.8 Å². The van der Waals surface area contributed by atoms with E-state index in [0.29, 0.717) is 17.8 Å². The summed E-state index contributed by atoms with van der Waals surface area (Å²) in [6, 6.07) is 11.0. The average molecular weight is 485 g/mol. The number of nitrogens with one attached hydrogen (secondary N) is 1. The topological polar surface area (TPSA) is 107 Å². The van der Waals surface area contributed by atoms with Crippen molar-refractivity contribution in [2.75, 3.05) is 38.0 Å². The highest BCUT2D eigenvalue weighted by Crippen LogP contribution is 2.27. The summed E-state index contributed by atoms with van der Waals surface area (Å²) in [7, 11) is -3.62. The van der Waals surface area contributed by atoms with E-state index in [1.165, 1.54) is 20.2 Å². The fourth-order valence-corrected chi connectivity index (χ4v) is 5.52. The van der Waals surface area contributed by atoms with Gasteiger partial charge in [0, 0.05) is 38.4 Å². The number of nitrogens with zero attached hydrogens (tertiary/aromatic N) is 3. The van der Waals surface area contributed by atoms with Crippen LogP contribution in [0.3, 0.4) is 0 Å². The number of benzene rings is 2. The number of carbonyl (C=O) groups is 3. The molecule has 0 spiro atoms. The van der Waals surface area contributed by atoms with E-state index >= 15 is 0 Å². The number of carbonyl (C=O) groups excluding carboxylic acids is 3. The molecule has 0 unspecified atom stereocenters. The number of anilines is 1. The highest BCUT2D eigenvalue weighted by molar-refractivity contribution is 7.89. The molecular weight excluding hydrogens is 456 g/mol. The minimum Gasteiger partial charge on any atom is -0.322 e. The third-order valence-electron chi connectivity index (χ3n) is 5.95. The van der Waals surface area contributed by atoms with Crippen LogP contribution in [0.25, 0.3) is 0 Å². The minimum atomic E-state index is -3.62. The Kier molecular flexibility index (Phi) is 6.46. The van der Waals surface area contributed by atoms with E-state index in [9.17, 15) is 22.8 Å². The summed E-state index contributed by atoms with van der Waals surface area (Å²) < 4.78 is 27.1. The molecule has 0 atom stereocenters. The van der Waals surface area contributed by atoms with Crippen LogP contribution >= 0.6 is 0 Å². The molecule has 1 saturated heterocycles. The molecule has 0 radical (unpaired) electrons. The smallest absolute Gasteiger partial charge is 0.321 e. The minimum absolute atomic E-state index is 0.148. The quantitative estimate of drug-likeness (QED) is 0.657. The number of piperazine rings is 1. The zero-order valence-electron chi connectivity index (χ0n) is 19.4. The van der Waals surface area contributed by atoms with Gasteiger partial charge >= 0.3 is 6.03 Å². The van der Waals surface area contributed by atoms with Crippen molar-refractivity contribution in [2.24, 2.45) is 5.92 Å². The van der Waals surface area contributed by atoms with Crippen LogP contribution in [0, 0.1) is 12.8 Å². The Balaban J connectivity index is 1.39. The van der Waals surface area contributed by atoms with Crippen LogP contribution in [-0.2, 0) is 10.0 Å². The zero-order valence-corrected chi connectivity index (χ0v) is 20.3. The number of imide groups is 1. The van der Waals surface area contributed by atoms with Gasteiger partial charge in [-0.1, -0.05) is 31.5 Å². The molecule has 2 aliphatic heterocycles. The lowest BCUT2D eigenvalue weighted by Gasteiger charge is -2.34. The van der Waals surface area contributed by atoms with Gasteiger partial charge in [-0.15, -0.1) is 0 Å². The highest BCUT2D eigenvalue weighted by Gasteiger charge is 2.36. The normalized spacial score (nSPS) is 16.8. The number of amides is 4. The number of hydrogen-bond acceptors (Lipinski definition) is 5. The Hall–Kier alpha value is -3.24. The van der Waals surface area contributed by atoms with Crippen LogP contribution in [0.5, 0.6) is 0 Å². The van der Waals surface area contributed by atoms with Gasteiger partial charge in [-0.25, -0.2) is 13.2 Å². The Bertz CT molecular complexity index is 1230. The first-order chi connectivity index (χ1) is 16.1. The Labute approximate surface area is 199 Å². The molecule has 9 nitrogen and oxygen atoms in total. The Morgan fingerprint density at radius 1 is 0.941 bits per heavy atom. The van der Waals surface area contributed by atoms with Gasteiger partial charge in [0.2, 0.25) is 10.0 Å². The van der Waals surface area contributed by atoms with Crippen LogP contribution in [0.1, 0.15) is 40.1 Å². The summed E-state index contributed by atoms with van der Waals surface area (Å²) in [5.74, 6) is -0.535. The lowest BCUT2D eigenvalue weighted by Crippen LogP contribution is -2.51. The van der Waals surface area contributed by atoms with E-state index in [-0.39, 0.29) is 60.4 Å². The first-order valence-corrected chi connectivity index (χ1v) is 12.6. The van der Waals surface area contributed by atoms with Gasteiger partial charge in [-0.2, -0.15) is 4.31 Å². The predicted octanol–water partition coefficient (Wildman–Crippen LogP) is 2.79. The molecule has 4 amide bonds. The van der Waals surface area contributed by atoms with Crippen LogP contribution in [0.4, 0.5) is 10.5 Å². The Morgan fingerprint density at radius 2 is 1.56 bits per heavy atom. The summed E-state index contributed by atoms with van der Waals surface area (Å²) in [6.07, 6.45) is 0. The summed E-state index contributed by atoms with van der Waals surface area (Å²) in [5, 5.41) is 2.76. The largest absolute Gasteiger partial charge is 0.322 e. The number of rotatable bonds is 5. The van der Waals surface area contributed by atoms with Gasteiger partial charge < -0.3 is 10.2 Å². The molecular formula is C24H28N4O5S. The van der Waals surface area contributed by atoms with E-state index in [4.69, 9.17) is 0 Å². The maximum Gasteiger partial charge on any atom is 0.321 e. The molecule has 180 valence electrons. The van der Waals surface area contributed by atoms with E-state index in [1.54, 1.807) is 36.4 Å². The van der Waals surface area contributed by atoms with E-state index in [0.717, 1.165) is 5.56 Å². The number of urea groups is 1. The van der Waals surface area contributed by atoms with Crippen LogP contribution in [-0.4, -0.2) is 73.1 Å². The third kappa shape index (κ3) is 4.55. The van der Waals surface area contributed by atoms with Crippen LogP contribution in [0.2, 0.25) is 0 Å². The molecule has 0 aliphatic carbocycles. The maximum atomic E-state index is 12.9. The summed E-state index contributed by atoms with van der Waals surface area (Å²) in [4.78, 5) is 41.0. The molecule has 4 rings (SSSR count). The van der Waals surface area contributed by atoms with Crippen molar-refractivity contribution in [2.45, 2.75) is 25.7 Å². The molecule has 0 saturated carbocycles. The monoisotopic (exact) mass is 484 g/mol. The second kappa shape index (κ2) is 9.19. The number of fused-ring (bicyclic) bond motifs is 1. The Morgan fingerprint density at radius 3 is 2.18 bits per heavy atom. The second-order valence-corrected chi connectivity index (χ2v) is 10.9. The van der Waals surface area contributed by atoms with Crippen molar-refractivity contribution in [1.29, 1.82) is 0 Å². The van der Waals surface area contributed by atoms with Gasteiger partial charge in [0.1, 0.15) is 0 Å². The predicted molar refractivity (Wildman–Crippen MR) is 127 cm³/mol. The molecule has 2 aromatic rings. The molecule has 34 heavy (non-hydrogen) atoms. The van der Waals surface area contributed by atoms with Crippen molar-refractivity contribution in [3.8, 4) is 0 Å². The molecule has 2 aliphatic rings. The van der Waals surface area contributed by atoms with Gasteiger partial charge in [0.15, 0.2) is 0 Å². The van der Waals surface area contributed by atoms with Crippen molar-refractivity contribution in [3.05, 3.63) is 59.2 Å². The number of aryl methyl sites for hydroxylation is 1. The fraction of sp³-hybridized carbons (Fsp3) is 0.375. The highest BCUT2D eigenvalue weighted by atomic mass is 32.2. The van der Waals surface area contributed by atoms with Gasteiger partial charge in [-0.05, 0) is 43.2 Å². The molecule has 2 aromatic carbocycles. The van der Waals surface area contributed by atoms with Crippen LogP contribution < -0.4 is 5.32 Å². The van der Waals surface area contributed by atoms with Gasteiger partial charge in [-0.3, -0.25) is 14.5 Å². The van der Waals surface area contributed by atoms with Crippen molar-refractivity contribution >= 4 is 33.6 Å². The average Bonchev–Trinajstić information content (AvgIpc) is 3.03. The van der Waals surface area contributed by atoms with Crippen molar-refractivity contribution in [3.63, 3.8) is 0 Å². The lowest BCUT2D eigenvalue weighted by molar-refractivity contribution is 0.0636. The molecule has 0 bridgehead atoms. The lowest BCUT2D eigenvalue weighted by atomic mass is 10.1. The van der Waals surface area contributed by atoms with Crippen LogP contribution in [0.15, 0.2) is 47.4 Å². The first kappa shape index (κ1) is 23.9. The summed E-state index contributed by atoms with van der Waals surface area (Å²) >= 11 is 0. The third-order valence-corrected chi connectivity index (χ3v) is 7.87. The molecule has 0 aromatic heterocycles. The number of sulfonamides is 1. The summed E-state index contributed by atoms with van der Waals surface area (Å²) in [6.45, 7) is 6.94. The standard InChI is InChI=1S/C24H28N4O5S/c1-16(2)15-28-22(29)20-9-6-18(14-21(20)23(28)30)25-24(31)26-10-12-27(13-11-26)34(32,33)19-7-4-17(3)5-8-19/h4-9,14,16H,10-13,15H2,1-3H3,(H,25,31). The molecule has 1 N–H and O–H groups in total. The van der Waals surface area contributed by atoms with E-state index in [1.807, 2.05) is 20.8 Å². The molecule has 2 heterocycles. The number of hydrogen-bond donors (Lipinski definition) is 1. The maximum absolute atomic E-state index is 12.9. The van der Waals surface area contributed by atoms with Crippen molar-refractivity contribution < 1.29 is 22.8 Å². The van der Waals surface area contributed by atoms with Crippen molar-refractivity contribution in [1.82, 2.24) is 14.1 Å². The first-order valence-electron chi connectivity index (χ1n) is 11.2. The van der Waals surface area contributed by atoms with E-state index in [2.05, 4.69) is 5.32 Å². The SMILES string of the molecule is Cc1ccc(S(=O)(=O)N2CCN(C(=O)Nc3ccc4c(c3)C(=O)N(CC(C)C)C4=O)CC2)cc1.